The smallest absolute Gasteiger partial charge is 0.786 e. The van der Waals surface area contributed by atoms with Crippen molar-refractivity contribution < 1.29 is 34.3 Å². The van der Waals surface area contributed by atoms with E-state index in [1.54, 1.807) is 0 Å². The fourth-order valence-electron chi connectivity index (χ4n) is 2.11. The zero-order valence-corrected chi connectivity index (χ0v) is 15.5. The van der Waals surface area contributed by atoms with E-state index in [1.807, 2.05) is 24.3 Å². The minimum atomic E-state index is 0. The van der Waals surface area contributed by atoms with Crippen molar-refractivity contribution >= 4 is 23.4 Å². The van der Waals surface area contributed by atoms with Gasteiger partial charge in [-0.3, -0.25) is 0 Å². The molecule has 0 saturated carbocycles. The third-order valence-electron chi connectivity index (χ3n) is 3.24. The van der Waals surface area contributed by atoms with Crippen molar-refractivity contribution in [2.45, 2.75) is 31.9 Å². The average Bonchev–Trinajstić information content (AvgIpc) is 2.42. The monoisotopic (exact) mass is 296 g/mol. The molecule has 20 heavy (non-hydrogen) atoms. The van der Waals surface area contributed by atoms with Crippen molar-refractivity contribution in [1.82, 2.24) is 0 Å². The topological polar surface area (TPSA) is 9.23 Å². The molecule has 0 heterocycles. The van der Waals surface area contributed by atoms with Crippen LogP contribution in [0.5, 0.6) is 5.75 Å². The average molecular weight is 296 g/mol. The summed E-state index contributed by atoms with van der Waals surface area (Å²) in [6, 6.07) is 14.4. The van der Waals surface area contributed by atoms with E-state index in [4.69, 9.17) is 17.4 Å². The first-order chi connectivity index (χ1) is 9.16. The Morgan fingerprint density at radius 1 is 1.00 bits per heavy atom. The number of ether oxygens (including phenoxy) is 1. The van der Waals surface area contributed by atoms with Crippen molar-refractivity contribution in [2.24, 2.45) is 5.92 Å². The van der Waals surface area contributed by atoms with E-state index >= 15 is 0 Å². The van der Waals surface area contributed by atoms with Crippen molar-refractivity contribution in [3.63, 3.8) is 0 Å². The molecule has 0 aromatic heterocycles. The summed E-state index contributed by atoms with van der Waals surface area (Å²) in [7, 11) is 0. The predicted molar refractivity (Wildman–Crippen MR) is 84.7 cm³/mol. The maximum atomic E-state index is 5.91. The quantitative estimate of drug-likeness (QED) is 0.591. The molecule has 2 aromatic rings. The summed E-state index contributed by atoms with van der Waals surface area (Å²) in [5.74, 6) is 1.65. The maximum absolute atomic E-state index is 5.91. The molecule has 0 radical (unpaired) electrons. The van der Waals surface area contributed by atoms with E-state index in [-0.39, 0.29) is 34.8 Å². The van der Waals surface area contributed by atoms with Crippen LogP contribution >= 0.6 is 0 Å². The molecule has 2 aromatic carbocycles. The molecule has 0 N–H and O–H groups in total. The van der Waals surface area contributed by atoms with Crippen LogP contribution in [0.3, 0.4) is 0 Å². The van der Waals surface area contributed by atoms with E-state index in [1.165, 1.54) is 11.8 Å². The van der Waals surface area contributed by atoms with Crippen LogP contribution in [0.25, 0.3) is 10.8 Å². The SMILES string of the molecule is CC(C)CCC([S-])COc1cccc2ccccc12.[Na+]. The van der Waals surface area contributed by atoms with Crippen LogP contribution in [0.1, 0.15) is 26.7 Å². The van der Waals surface area contributed by atoms with Crippen LogP contribution in [-0.4, -0.2) is 11.9 Å². The zero-order valence-electron chi connectivity index (χ0n) is 12.6. The second kappa shape index (κ2) is 8.99. The molecule has 1 unspecified atom stereocenters. The van der Waals surface area contributed by atoms with Crippen molar-refractivity contribution in [2.75, 3.05) is 6.61 Å². The van der Waals surface area contributed by atoms with Gasteiger partial charge in [0.15, 0.2) is 0 Å². The van der Waals surface area contributed by atoms with Gasteiger partial charge in [-0.2, -0.15) is 0 Å². The number of benzene rings is 2. The summed E-state index contributed by atoms with van der Waals surface area (Å²) in [5.41, 5.74) is 0. The van der Waals surface area contributed by atoms with Gasteiger partial charge in [0.1, 0.15) is 5.75 Å². The molecule has 0 aliphatic rings. The Labute approximate surface area is 149 Å². The second-order valence-electron chi connectivity index (χ2n) is 5.38. The number of fused-ring (bicyclic) bond motifs is 1. The molecule has 0 spiro atoms. The third kappa shape index (κ3) is 5.33. The van der Waals surface area contributed by atoms with Gasteiger partial charge in [0, 0.05) is 5.39 Å². The van der Waals surface area contributed by atoms with E-state index in [0.29, 0.717) is 12.5 Å². The summed E-state index contributed by atoms with van der Waals surface area (Å²) >= 11 is 5.45. The van der Waals surface area contributed by atoms with Gasteiger partial charge < -0.3 is 17.4 Å². The number of hydrogen-bond acceptors (Lipinski definition) is 2. The molecule has 0 amide bonds. The van der Waals surface area contributed by atoms with Crippen molar-refractivity contribution in [3.8, 4) is 5.75 Å². The molecule has 0 aliphatic carbocycles. The first kappa shape index (κ1) is 17.9. The van der Waals surface area contributed by atoms with E-state index in [9.17, 15) is 0 Å². The normalized spacial score (nSPS) is 12.2. The van der Waals surface area contributed by atoms with Crippen LogP contribution in [-0.2, 0) is 12.6 Å². The van der Waals surface area contributed by atoms with Crippen LogP contribution in [0.15, 0.2) is 42.5 Å². The Hall–Kier alpha value is -0.150. The van der Waals surface area contributed by atoms with Crippen LogP contribution < -0.4 is 34.3 Å². The molecule has 3 heteroatoms. The fourth-order valence-corrected chi connectivity index (χ4v) is 2.31. The van der Waals surface area contributed by atoms with Gasteiger partial charge in [0.05, 0.1) is 6.61 Å². The maximum Gasteiger partial charge on any atom is 1.00 e. The molecule has 102 valence electrons. The number of rotatable bonds is 6. The minimum absolute atomic E-state index is 0. The molecule has 0 bridgehead atoms. The van der Waals surface area contributed by atoms with E-state index < -0.39 is 0 Å². The van der Waals surface area contributed by atoms with E-state index in [0.717, 1.165) is 17.6 Å². The zero-order chi connectivity index (χ0) is 13.7. The first-order valence-corrected chi connectivity index (χ1v) is 7.40. The van der Waals surface area contributed by atoms with Gasteiger partial charge in [-0.25, -0.2) is 0 Å². The van der Waals surface area contributed by atoms with Gasteiger partial charge in [-0.1, -0.05) is 63.1 Å². The third-order valence-corrected chi connectivity index (χ3v) is 3.61. The van der Waals surface area contributed by atoms with Crippen LogP contribution in [0.4, 0.5) is 0 Å². The largest absolute Gasteiger partial charge is 1.00 e. The van der Waals surface area contributed by atoms with Gasteiger partial charge in [0.2, 0.25) is 0 Å². The standard InChI is InChI=1S/C17H22OS.Na/c1-13(2)10-11-15(19)12-18-17-9-5-7-14-6-3-4-8-16(14)17;/h3-9,13,15,19H,10-12H2,1-2H3;/q;+1/p-1. The fraction of sp³-hybridized carbons (Fsp3) is 0.412. The molecule has 0 fully saturated rings. The summed E-state index contributed by atoms with van der Waals surface area (Å²) < 4.78 is 5.91. The Bertz CT molecular complexity index is 522. The van der Waals surface area contributed by atoms with E-state index in [2.05, 4.69) is 32.0 Å². The van der Waals surface area contributed by atoms with Gasteiger partial charge in [0.25, 0.3) is 0 Å². The number of hydrogen-bond donors (Lipinski definition) is 0. The van der Waals surface area contributed by atoms with Gasteiger partial charge >= 0.3 is 29.6 Å². The Kier molecular flexibility index (Phi) is 8.04. The first-order valence-electron chi connectivity index (χ1n) is 6.93. The molecule has 0 aliphatic heterocycles. The molecule has 2 rings (SSSR count). The van der Waals surface area contributed by atoms with Gasteiger partial charge in [-0.05, 0) is 17.4 Å². The Morgan fingerprint density at radius 2 is 1.70 bits per heavy atom. The molecule has 1 atom stereocenters. The van der Waals surface area contributed by atoms with Crippen molar-refractivity contribution in [1.29, 1.82) is 0 Å². The summed E-state index contributed by atoms with van der Waals surface area (Å²) in [5, 5.41) is 2.57. The van der Waals surface area contributed by atoms with Crippen LogP contribution in [0, 0.1) is 5.92 Å². The summed E-state index contributed by atoms with van der Waals surface area (Å²) in [6.45, 7) is 5.08. The molecular formula is C17H21NaOS. The molecule has 1 nitrogen and oxygen atoms in total. The Morgan fingerprint density at radius 3 is 2.45 bits per heavy atom. The summed E-state index contributed by atoms with van der Waals surface area (Å²) in [6.07, 6.45) is 2.23. The van der Waals surface area contributed by atoms with Gasteiger partial charge in [-0.15, -0.1) is 5.25 Å². The van der Waals surface area contributed by atoms with Crippen LogP contribution in [0.2, 0.25) is 0 Å². The molecular weight excluding hydrogens is 275 g/mol. The predicted octanol–water partition coefficient (Wildman–Crippen LogP) is 1.57. The van der Waals surface area contributed by atoms with Crippen molar-refractivity contribution in [3.05, 3.63) is 42.5 Å². The molecule has 0 saturated heterocycles. The Balaban J connectivity index is 0.00000200. The summed E-state index contributed by atoms with van der Waals surface area (Å²) in [4.78, 5) is 0. The minimum Gasteiger partial charge on any atom is -0.786 e. The second-order valence-corrected chi connectivity index (χ2v) is 6.05.